The minimum Gasteiger partial charge on any atom is -0.502 e. The average Bonchev–Trinajstić information content (AvgIpc) is 2.66. The lowest BCUT2D eigenvalue weighted by molar-refractivity contribution is -0.132. The van der Waals surface area contributed by atoms with Crippen molar-refractivity contribution in [2.75, 3.05) is 5.32 Å². The Morgan fingerprint density at radius 1 is 1.36 bits per heavy atom. The van der Waals surface area contributed by atoms with Gasteiger partial charge in [-0.3, -0.25) is 14.9 Å². The van der Waals surface area contributed by atoms with Gasteiger partial charge in [0.2, 0.25) is 23.3 Å². The minimum absolute atomic E-state index is 0.0206. The van der Waals surface area contributed by atoms with Crippen LogP contribution in [0.2, 0.25) is 5.02 Å². The fraction of sp³-hybridized carbons (Fsp3) is 0.143. The van der Waals surface area contributed by atoms with Crippen molar-refractivity contribution in [3.63, 3.8) is 0 Å². The Bertz CT molecular complexity index is 736. The molecule has 1 heterocycles. The monoisotopic (exact) mass is 327 g/mol. The number of hydrogen-bond acceptors (Lipinski definition) is 5. The Balaban J connectivity index is 2.65. The molecule has 2 N–H and O–H groups in total. The Morgan fingerprint density at radius 2 is 2.05 bits per heavy atom. The summed E-state index contributed by atoms with van der Waals surface area (Å²) < 4.78 is 23.9. The maximum atomic E-state index is 13.9. The molecule has 0 aliphatic rings. The van der Waals surface area contributed by atoms with E-state index < -0.39 is 29.2 Å². The highest BCUT2D eigenvalue weighted by Crippen LogP contribution is 2.48. The summed E-state index contributed by atoms with van der Waals surface area (Å²) in [6.07, 6.45) is 0. The average molecular weight is 328 g/mol. The Kier molecular flexibility index (Phi) is 4.37. The smallest absolute Gasteiger partial charge is 0.308 e. The molecule has 0 unspecified atom stereocenters. The second-order valence-electron chi connectivity index (χ2n) is 4.31. The van der Waals surface area contributed by atoms with Crippen molar-refractivity contribution in [3.05, 3.63) is 29.0 Å². The Hall–Kier alpha value is -2.54. The van der Waals surface area contributed by atoms with Crippen LogP contribution in [0.25, 0.3) is 11.3 Å². The lowest BCUT2D eigenvalue weighted by Crippen LogP contribution is -2.08. The van der Waals surface area contributed by atoms with E-state index in [0.717, 1.165) is 13.0 Å². The molecular weight excluding hydrogens is 317 g/mol. The summed E-state index contributed by atoms with van der Waals surface area (Å²) >= 11 is 5.90. The van der Waals surface area contributed by atoms with Crippen LogP contribution in [0.1, 0.15) is 13.8 Å². The molecule has 1 aromatic heterocycles. The van der Waals surface area contributed by atoms with E-state index in [1.807, 2.05) is 0 Å². The van der Waals surface area contributed by atoms with Crippen molar-refractivity contribution in [2.45, 2.75) is 13.8 Å². The van der Waals surface area contributed by atoms with Gasteiger partial charge in [0.05, 0.1) is 10.6 Å². The van der Waals surface area contributed by atoms with Gasteiger partial charge in [0.25, 0.3) is 0 Å². The quantitative estimate of drug-likeness (QED) is 0.844. The van der Waals surface area contributed by atoms with Crippen LogP contribution in [0.5, 0.6) is 11.5 Å². The van der Waals surface area contributed by atoms with Crippen molar-refractivity contribution in [1.82, 2.24) is 0 Å². The number of rotatable bonds is 3. The molecule has 22 heavy (non-hydrogen) atoms. The van der Waals surface area contributed by atoms with E-state index in [1.54, 1.807) is 0 Å². The molecule has 116 valence electrons. The van der Waals surface area contributed by atoms with Gasteiger partial charge in [-0.25, -0.2) is 4.39 Å². The topological polar surface area (TPSA) is 88.8 Å². The zero-order chi connectivity index (χ0) is 16.4. The standard InChI is InChI=1S/C14H11ClFNO5/c1-6(18)17-14-13(21-7(2)19)11(20)12(22-14)10-8(15)4-3-5-9(10)16/h3-5,20H,1-2H3,(H,17,18). The van der Waals surface area contributed by atoms with Crippen molar-refractivity contribution >= 4 is 29.4 Å². The van der Waals surface area contributed by atoms with Gasteiger partial charge in [-0.1, -0.05) is 17.7 Å². The lowest BCUT2D eigenvalue weighted by Gasteiger charge is -2.02. The van der Waals surface area contributed by atoms with Gasteiger partial charge in [0, 0.05) is 13.8 Å². The number of halogens is 2. The second kappa shape index (κ2) is 6.07. The van der Waals surface area contributed by atoms with E-state index in [4.69, 9.17) is 20.8 Å². The number of carbonyl (C=O) groups is 2. The maximum Gasteiger partial charge on any atom is 0.308 e. The molecule has 0 fully saturated rings. The molecule has 0 atom stereocenters. The number of nitrogens with one attached hydrogen (secondary N) is 1. The number of hydrogen-bond donors (Lipinski definition) is 2. The normalized spacial score (nSPS) is 10.4. The van der Waals surface area contributed by atoms with Crippen molar-refractivity contribution < 1.29 is 28.2 Å². The SMILES string of the molecule is CC(=O)Nc1oc(-c2c(F)cccc2Cl)c(O)c1OC(C)=O. The fourth-order valence-corrected chi connectivity index (χ4v) is 2.02. The molecule has 0 bridgehead atoms. The summed E-state index contributed by atoms with van der Waals surface area (Å²) in [5, 5.41) is 12.3. The first-order valence-electron chi connectivity index (χ1n) is 6.07. The highest BCUT2D eigenvalue weighted by molar-refractivity contribution is 6.33. The van der Waals surface area contributed by atoms with E-state index in [1.165, 1.54) is 19.1 Å². The van der Waals surface area contributed by atoms with Crippen molar-refractivity contribution in [1.29, 1.82) is 0 Å². The molecule has 0 saturated heterocycles. The summed E-state index contributed by atoms with van der Waals surface area (Å²) in [4.78, 5) is 22.2. The number of benzene rings is 1. The highest BCUT2D eigenvalue weighted by Gasteiger charge is 2.27. The third-order valence-electron chi connectivity index (χ3n) is 2.57. The summed E-state index contributed by atoms with van der Waals surface area (Å²) in [7, 11) is 0. The van der Waals surface area contributed by atoms with E-state index in [2.05, 4.69) is 5.32 Å². The van der Waals surface area contributed by atoms with Crippen LogP contribution in [0.3, 0.4) is 0 Å². The number of amides is 1. The van der Waals surface area contributed by atoms with Gasteiger partial charge >= 0.3 is 5.97 Å². The number of anilines is 1. The number of furan rings is 1. The minimum atomic E-state index is -0.756. The molecule has 2 aromatic rings. The van der Waals surface area contributed by atoms with E-state index in [9.17, 15) is 19.1 Å². The maximum absolute atomic E-state index is 13.9. The number of ether oxygens (including phenoxy) is 1. The van der Waals surface area contributed by atoms with Crippen molar-refractivity contribution in [2.24, 2.45) is 0 Å². The molecule has 6 nitrogen and oxygen atoms in total. The van der Waals surface area contributed by atoms with Crippen LogP contribution in [0, 0.1) is 5.82 Å². The number of esters is 1. The molecule has 8 heteroatoms. The van der Waals surface area contributed by atoms with Crippen LogP contribution >= 0.6 is 11.6 Å². The van der Waals surface area contributed by atoms with Gasteiger partial charge in [-0.05, 0) is 12.1 Å². The predicted molar refractivity (Wildman–Crippen MR) is 76.4 cm³/mol. The first-order valence-corrected chi connectivity index (χ1v) is 6.45. The lowest BCUT2D eigenvalue weighted by atomic mass is 10.1. The molecule has 1 aromatic carbocycles. The van der Waals surface area contributed by atoms with Crippen molar-refractivity contribution in [3.8, 4) is 22.8 Å². The van der Waals surface area contributed by atoms with Gasteiger partial charge in [-0.15, -0.1) is 0 Å². The molecule has 0 aliphatic carbocycles. The van der Waals surface area contributed by atoms with Crippen LogP contribution in [0.4, 0.5) is 10.3 Å². The first-order chi connectivity index (χ1) is 10.3. The molecule has 2 rings (SSSR count). The van der Waals surface area contributed by atoms with Gasteiger partial charge in [0.1, 0.15) is 5.82 Å². The van der Waals surface area contributed by atoms with Gasteiger partial charge < -0.3 is 14.3 Å². The van der Waals surface area contributed by atoms with Crippen LogP contribution in [-0.2, 0) is 9.59 Å². The number of carbonyl (C=O) groups excluding carboxylic acids is 2. The summed E-state index contributed by atoms with van der Waals surface area (Å²) in [5.74, 6) is -3.79. The fourth-order valence-electron chi connectivity index (χ4n) is 1.77. The van der Waals surface area contributed by atoms with Gasteiger partial charge in [0.15, 0.2) is 5.76 Å². The molecular formula is C14H11ClFNO5. The molecule has 0 aliphatic heterocycles. The Labute approximate surface area is 129 Å². The van der Waals surface area contributed by atoms with E-state index >= 15 is 0 Å². The van der Waals surface area contributed by atoms with E-state index in [-0.39, 0.29) is 22.2 Å². The van der Waals surface area contributed by atoms with Crippen LogP contribution in [0.15, 0.2) is 22.6 Å². The van der Waals surface area contributed by atoms with Crippen LogP contribution < -0.4 is 10.1 Å². The zero-order valence-corrected chi connectivity index (χ0v) is 12.3. The summed E-state index contributed by atoms with van der Waals surface area (Å²) in [6.45, 7) is 2.28. The van der Waals surface area contributed by atoms with E-state index in [0.29, 0.717) is 0 Å². The van der Waals surface area contributed by atoms with Crippen LogP contribution in [-0.4, -0.2) is 17.0 Å². The highest BCUT2D eigenvalue weighted by atomic mass is 35.5. The largest absolute Gasteiger partial charge is 0.502 e. The molecule has 0 spiro atoms. The molecule has 0 saturated carbocycles. The zero-order valence-electron chi connectivity index (χ0n) is 11.6. The number of aromatic hydroxyl groups is 1. The molecule has 0 radical (unpaired) electrons. The predicted octanol–water partition coefficient (Wildman–Crippen LogP) is 3.33. The third kappa shape index (κ3) is 3.04. The summed E-state index contributed by atoms with van der Waals surface area (Å²) in [5.41, 5.74) is -0.216. The van der Waals surface area contributed by atoms with Gasteiger partial charge in [-0.2, -0.15) is 0 Å². The first kappa shape index (κ1) is 15.8. The second-order valence-corrected chi connectivity index (χ2v) is 4.72. The molecule has 1 amide bonds. The Morgan fingerprint density at radius 3 is 2.59 bits per heavy atom. The summed E-state index contributed by atoms with van der Waals surface area (Å²) in [6, 6.07) is 3.89. The third-order valence-corrected chi connectivity index (χ3v) is 2.88.